The van der Waals surface area contributed by atoms with Crippen molar-refractivity contribution in [3.8, 4) is 11.4 Å². The van der Waals surface area contributed by atoms with E-state index in [9.17, 15) is 14.4 Å². The van der Waals surface area contributed by atoms with Crippen LogP contribution in [0.5, 0.6) is 0 Å². The minimum Gasteiger partial charge on any atom is -0.338 e. The fourth-order valence-electron chi connectivity index (χ4n) is 4.89. The normalized spacial score (nSPS) is 15.6. The standard InChI is InChI=1S/C27H24N4O3S/c32-22-13-14-23(33)31(22)15-16-9-11-17(12-10-16)26(34)30-27-24(18-5-1-4-8-21(18)35-27)25-28-19-6-2-3-7-20(19)29-25/h2-3,6-7,9-12H,1,4-5,8,13-15H2,(H,28,29)(H,30,34). The Morgan fingerprint density at radius 1 is 0.971 bits per heavy atom. The maximum absolute atomic E-state index is 13.2. The molecule has 7 nitrogen and oxygen atoms in total. The molecule has 1 aliphatic heterocycles. The number of nitrogens with one attached hydrogen (secondary N) is 2. The minimum atomic E-state index is -0.194. The molecule has 0 atom stereocenters. The summed E-state index contributed by atoms with van der Waals surface area (Å²) in [6.07, 6.45) is 4.84. The number of benzene rings is 2. The molecule has 4 aromatic rings. The summed E-state index contributed by atoms with van der Waals surface area (Å²) in [6, 6.07) is 15.0. The van der Waals surface area contributed by atoms with Crippen LogP contribution in [-0.4, -0.2) is 32.6 Å². The number of rotatable bonds is 5. The molecule has 3 amide bonds. The zero-order valence-corrected chi connectivity index (χ0v) is 19.9. The number of carbonyl (C=O) groups excluding carboxylic acids is 3. The smallest absolute Gasteiger partial charge is 0.256 e. The Bertz CT molecular complexity index is 1420. The summed E-state index contributed by atoms with van der Waals surface area (Å²) in [5, 5.41) is 3.95. The number of hydrogen-bond acceptors (Lipinski definition) is 5. The van der Waals surface area contributed by atoms with Gasteiger partial charge >= 0.3 is 0 Å². The van der Waals surface area contributed by atoms with E-state index in [0.717, 1.165) is 58.7 Å². The quantitative estimate of drug-likeness (QED) is 0.387. The first-order valence-electron chi connectivity index (χ1n) is 11.9. The highest BCUT2D eigenvalue weighted by Gasteiger charge is 2.29. The fourth-order valence-corrected chi connectivity index (χ4v) is 6.18. The van der Waals surface area contributed by atoms with Gasteiger partial charge in [-0.05, 0) is 61.1 Å². The highest BCUT2D eigenvalue weighted by molar-refractivity contribution is 7.17. The Balaban J connectivity index is 1.27. The zero-order chi connectivity index (χ0) is 23.9. The molecular formula is C27H24N4O3S. The molecule has 1 fully saturated rings. The molecule has 0 unspecified atom stereocenters. The van der Waals surface area contributed by atoms with Gasteiger partial charge < -0.3 is 10.3 Å². The molecule has 2 aromatic heterocycles. The molecule has 1 aliphatic carbocycles. The van der Waals surface area contributed by atoms with Crippen LogP contribution in [0.2, 0.25) is 0 Å². The molecular weight excluding hydrogens is 460 g/mol. The van der Waals surface area contributed by atoms with Crippen LogP contribution in [-0.2, 0) is 29.0 Å². The maximum atomic E-state index is 13.2. The molecule has 0 radical (unpaired) electrons. The van der Waals surface area contributed by atoms with Crippen LogP contribution >= 0.6 is 11.3 Å². The van der Waals surface area contributed by atoms with Crippen LogP contribution in [0.15, 0.2) is 48.5 Å². The van der Waals surface area contributed by atoms with Crippen LogP contribution in [0.4, 0.5) is 5.00 Å². The number of amides is 3. The molecule has 35 heavy (non-hydrogen) atoms. The number of para-hydroxylation sites is 2. The lowest BCUT2D eigenvalue weighted by Gasteiger charge is -2.14. The van der Waals surface area contributed by atoms with Crippen molar-refractivity contribution < 1.29 is 14.4 Å². The average molecular weight is 485 g/mol. The number of imidazole rings is 1. The molecule has 2 aromatic carbocycles. The van der Waals surface area contributed by atoms with Gasteiger partial charge in [0.2, 0.25) is 11.8 Å². The van der Waals surface area contributed by atoms with Crippen molar-refractivity contribution in [2.45, 2.75) is 45.1 Å². The summed E-state index contributed by atoms with van der Waals surface area (Å²) in [4.78, 5) is 47.8. The van der Waals surface area contributed by atoms with Gasteiger partial charge in [0.1, 0.15) is 10.8 Å². The van der Waals surface area contributed by atoms with Gasteiger partial charge in [-0.15, -0.1) is 11.3 Å². The van der Waals surface area contributed by atoms with Crippen LogP contribution in [0.3, 0.4) is 0 Å². The Kier molecular flexibility index (Phi) is 5.45. The highest BCUT2D eigenvalue weighted by Crippen LogP contribution is 2.43. The van der Waals surface area contributed by atoms with Gasteiger partial charge in [-0.1, -0.05) is 24.3 Å². The Morgan fingerprint density at radius 3 is 2.49 bits per heavy atom. The second-order valence-corrected chi connectivity index (χ2v) is 10.1. The molecule has 6 rings (SSSR count). The predicted octanol–water partition coefficient (Wildman–Crippen LogP) is 5.07. The Hall–Kier alpha value is -3.78. The lowest BCUT2D eigenvalue weighted by molar-refractivity contribution is -0.139. The lowest BCUT2D eigenvalue weighted by Crippen LogP contribution is -2.28. The summed E-state index contributed by atoms with van der Waals surface area (Å²) < 4.78 is 0. The number of aryl methyl sites for hydroxylation is 1. The molecule has 0 saturated carbocycles. The topological polar surface area (TPSA) is 95.2 Å². The van der Waals surface area contributed by atoms with E-state index in [2.05, 4.69) is 10.3 Å². The van der Waals surface area contributed by atoms with E-state index in [1.54, 1.807) is 35.6 Å². The number of aromatic amines is 1. The second-order valence-electron chi connectivity index (χ2n) is 9.04. The summed E-state index contributed by atoms with van der Waals surface area (Å²) in [6.45, 7) is 0.243. The van der Waals surface area contributed by atoms with Gasteiger partial charge in [-0.25, -0.2) is 4.98 Å². The maximum Gasteiger partial charge on any atom is 0.256 e. The third-order valence-electron chi connectivity index (χ3n) is 6.74. The van der Waals surface area contributed by atoms with Crippen molar-refractivity contribution in [1.82, 2.24) is 14.9 Å². The number of anilines is 1. The number of imide groups is 1. The molecule has 0 spiro atoms. The van der Waals surface area contributed by atoms with Crippen molar-refractivity contribution in [2.75, 3.05) is 5.32 Å². The van der Waals surface area contributed by atoms with E-state index >= 15 is 0 Å². The van der Waals surface area contributed by atoms with Gasteiger partial charge in [0, 0.05) is 23.3 Å². The van der Waals surface area contributed by atoms with Crippen molar-refractivity contribution in [1.29, 1.82) is 0 Å². The number of aromatic nitrogens is 2. The number of carbonyl (C=O) groups is 3. The van der Waals surface area contributed by atoms with E-state index in [1.165, 1.54) is 15.3 Å². The van der Waals surface area contributed by atoms with E-state index in [0.29, 0.717) is 5.56 Å². The van der Waals surface area contributed by atoms with Gasteiger partial charge in [0.25, 0.3) is 5.91 Å². The van der Waals surface area contributed by atoms with Crippen LogP contribution in [0, 0.1) is 0 Å². The first kappa shape index (κ1) is 21.7. The SMILES string of the molecule is O=C(Nc1sc2c(c1-c1nc3ccccc3[nH]1)CCCC2)c1ccc(CN2C(=O)CCC2=O)cc1. The molecule has 2 aliphatic rings. The minimum absolute atomic E-state index is 0.142. The van der Waals surface area contributed by atoms with Gasteiger partial charge in [0.15, 0.2) is 0 Å². The van der Waals surface area contributed by atoms with Crippen LogP contribution < -0.4 is 5.32 Å². The van der Waals surface area contributed by atoms with E-state index in [1.807, 2.05) is 24.3 Å². The lowest BCUT2D eigenvalue weighted by atomic mass is 9.95. The molecule has 8 heteroatoms. The van der Waals surface area contributed by atoms with Gasteiger partial charge in [-0.3, -0.25) is 19.3 Å². The summed E-state index contributed by atoms with van der Waals surface area (Å²) >= 11 is 1.64. The van der Waals surface area contributed by atoms with Crippen molar-refractivity contribution in [3.63, 3.8) is 0 Å². The van der Waals surface area contributed by atoms with E-state index in [4.69, 9.17) is 4.98 Å². The summed E-state index contributed by atoms with van der Waals surface area (Å²) in [5.41, 5.74) is 5.50. The van der Waals surface area contributed by atoms with Crippen molar-refractivity contribution in [2.24, 2.45) is 0 Å². The van der Waals surface area contributed by atoms with Crippen LogP contribution in [0.25, 0.3) is 22.4 Å². The molecule has 1 saturated heterocycles. The second kappa shape index (κ2) is 8.78. The number of likely N-dealkylation sites (tertiary alicyclic amines) is 1. The highest BCUT2D eigenvalue weighted by atomic mass is 32.1. The molecule has 0 bridgehead atoms. The molecule has 176 valence electrons. The largest absolute Gasteiger partial charge is 0.338 e. The van der Waals surface area contributed by atoms with Crippen LogP contribution in [0.1, 0.15) is 52.0 Å². The van der Waals surface area contributed by atoms with Gasteiger partial charge in [-0.2, -0.15) is 0 Å². The monoisotopic (exact) mass is 484 g/mol. The van der Waals surface area contributed by atoms with E-state index in [-0.39, 0.29) is 37.1 Å². The van der Waals surface area contributed by atoms with Crippen molar-refractivity contribution in [3.05, 3.63) is 70.1 Å². The molecule has 3 heterocycles. The van der Waals surface area contributed by atoms with E-state index < -0.39 is 0 Å². The fraction of sp³-hybridized carbons (Fsp3) is 0.259. The Labute approximate surface area is 206 Å². The Morgan fingerprint density at radius 2 is 1.71 bits per heavy atom. The zero-order valence-electron chi connectivity index (χ0n) is 19.1. The number of H-pyrrole nitrogens is 1. The first-order valence-corrected chi connectivity index (χ1v) is 12.7. The summed E-state index contributed by atoms with van der Waals surface area (Å²) in [7, 11) is 0. The van der Waals surface area contributed by atoms with Crippen molar-refractivity contribution >= 4 is 45.1 Å². The molecule has 2 N–H and O–H groups in total. The summed E-state index contributed by atoms with van der Waals surface area (Å²) in [5.74, 6) is 0.310. The third kappa shape index (κ3) is 4.04. The average Bonchev–Trinajstić information content (AvgIpc) is 3.55. The van der Waals surface area contributed by atoms with Gasteiger partial charge in [0.05, 0.1) is 23.1 Å². The number of fused-ring (bicyclic) bond motifs is 2. The number of nitrogens with zero attached hydrogens (tertiary/aromatic N) is 2. The number of hydrogen-bond donors (Lipinski definition) is 2. The number of thiophene rings is 1. The predicted molar refractivity (Wildman–Crippen MR) is 135 cm³/mol. The first-order chi connectivity index (χ1) is 17.1. The third-order valence-corrected chi connectivity index (χ3v) is 7.94.